The molecular weight excluding hydrogens is 249 g/mol. The Morgan fingerprint density at radius 3 is 2.71 bits per heavy atom. The summed E-state index contributed by atoms with van der Waals surface area (Å²) in [5, 5.41) is 0.224. The number of pyridine rings is 1. The summed E-state index contributed by atoms with van der Waals surface area (Å²) < 4.78 is 26.8. The van der Waals surface area contributed by atoms with E-state index in [1.165, 1.54) is 19.2 Å². The molecule has 0 N–H and O–H groups in total. The van der Waals surface area contributed by atoms with E-state index in [4.69, 9.17) is 23.2 Å². The minimum absolute atomic E-state index is 0.0357. The van der Waals surface area contributed by atoms with Crippen molar-refractivity contribution in [2.24, 2.45) is 0 Å². The molecule has 1 heterocycles. The summed E-state index contributed by atoms with van der Waals surface area (Å²) in [4.78, 5) is 3.64. The van der Waals surface area contributed by atoms with E-state index in [0.29, 0.717) is 0 Å². The molecule has 14 heavy (non-hydrogen) atoms. The van der Waals surface area contributed by atoms with Crippen LogP contribution in [0, 0.1) is 0 Å². The SMILES string of the molecule is CCS(=O)(=O)Oc1cc(Cl)cnc1Cl. The number of rotatable bonds is 3. The molecule has 0 fully saturated rings. The van der Waals surface area contributed by atoms with Crippen LogP contribution in [0.3, 0.4) is 0 Å². The standard InChI is InChI=1S/C7H7Cl2NO3S/c1-2-14(11,12)13-6-3-5(8)4-10-7(6)9/h3-4H,2H2,1H3. The molecule has 0 aliphatic rings. The maximum Gasteiger partial charge on any atom is 0.309 e. The Hall–Kier alpha value is -0.520. The number of halogens is 2. The van der Waals surface area contributed by atoms with Gasteiger partial charge in [0, 0.05) is 12.3 Å². The van der Waals surface area contributed by atoms with Gasteiger partial charge in [-0.1, -0.05) is 23.2 Å². The molecule has 7 heteroatoms. The lowest BCUT2D eigenvalue weighted by molar-refractivity contribution is 0.486. The Kier molecular flexibility index (Phi) is 3.58. The number of hydrogen-bond donors (Lipinski definition) is 0. The van der Waals surface area contributed by atoms with Crippen LogP contribution in [-0.2, 0) is 10.1 Å². The number of nitrogens with zero attached hydrogens (tertiary/aromatic N) is 1. The summed E-state index contributed by atoms with van der Waals surface area (Å²) in [5.41, 5.74) is 0. The molecule has 0 spiro atoms. The van der Waals surface area contributed by atoms with Gasteiger partial charge in [-0.2, -0.15) is 8.42 Å². The highest BCUT2D eigenvalue weighted by Crippen LogP contribution is 2.26. The van der Waals surface area contributed by atoms with Gasteiger partial charge in [-0.3, -0.25) is 0 Å². The van der Waals surface area contributed by atoms with E-state index < -0.39 is 10.1 Å². The molecule has 0 amide bonds. The minimum Gasteiger partial charge on any atom is -0.379 e. The largest absolute Gasteiger partial charge is 0.379 e. The van der Waals surface area contributed by atoms with E-state index in [1.807, 2.05) is 0 Å². The fraction of sp³-hybridized carbons (Fsp3) is 0.286. The average molecular weight is 256 g/mol. The monoisotopic (exact) mass is 255 g/mol. The smallest absolute Gasteiger partial charge is 0.309 e. The van der Waals surface area contributed by atoms with Gasteiger partial charge in [0.25, 0.3) is 0 Å². The zero-order chi connectivity index (χ0) is 10.8. The molecular formula is C7H7Cl2NO3S. The molecule has 0 bridgehead atoms. The maximum absolute atomic E-state index is 11.1. The van der Waals surface area contributed by atoms with Gasteiger partial charge in [-0.05, 0) is 6.92 Å². The second kappa shape index (κ2) is 4.33. The number of hydrogen-bond acceptors (Lipinski definition) is 4. The highest BCUT2D eigenvalue weighted by molar-refractivity contribution is 7.87. The van der Waals surface area contributed by atoms with E-state index in [-0.39, 0.29) is 21.7 Å². The lowest BCUT2D eigenvalue weighted by Crippen LogP contribution is -2.11. The summed E-state index contributed by atoms with van der Waals surface area (Å²) in [6.07, 6.45) is 1.30. The van der Waals surface area contributed by atoms with Crippen molar-refractivity contribution in [2.45, 2.75) is 6.92 Å². The summed E-state index contributed by atoms with van der Waals surface area (Å²) in [6.45, 7) is 1.46. The van der Waals surface area contributed by atoms with E-state index >= 15 is 0 Å². The van der Waals surface area contributed by atoms with Crippen molar-refractivity contribution in [2.75, 3.05) is 5.75 Å². The third-order valence-electron chi connectivity index (χ3n) is 1.34. The fourth-order valence-corrected chi connectivity index (χ4v) is 1.51. The highest BCUT2D eigenvalue weighted by Gasteiger charge is 2.13. The Labute approximate surface area is 91.9 Å². The molecule has 0 saturated heterocycles. The Balaban J connectivity index is 3.03. The van der Waals surface area contributed by atoms with Gasteiger partial charge >= 0.3 is 10.1 Å². The van der Waals surface area contributed by atoms with Crippen molar-refractivity contribution in [3.8, 4) is 5.75 Å². The molecule has 4 nitrogen and oxygen atoms in total. The molecule has 0 aliphatic heterocycles. The van der Waals surface area contributed by atoms with Crippen LogP contribution < -0.4 is 4.18 Å². The average Bonchev–Trinajstić information content (AvgIpc) is 2.11. The summed E-state index contributed by atoms with van der Waals surface area (Å²) in [6, 6.07) is 1.30. The molecule has 1 aromatic heterocycles. The van der Waals surface area contributed by atoms with Crippen LogP contribution in [0.2, 0.25) is 10.2 Å². The van der Waals surface area contributed by atoms with E-state index in [9.17, 15) is 8.42 Å². The first-order valence-electron chi connectivity index (χ1n) is 3.68. The Bertz CT molecular complexity index is 433. The second-order valence-corrected chi connectivity index (χ2v) is 5.03. The van der Waals surface area contributed by atoms with Gasteiger partial charge in [0.15, 0.2) is 10.9 Å². The highest BCUT2D eigenvalue weighted by atomic mass is 35.5. The molecule has 0 radical (unpaired) electrons. The quantitative estimate of drug-likeness (QED) is 0.614. The van der Waals surface area contributed by atoms with Gasteiger partial charge in [0.1, 0.15) is 0 Å². The van der Waals surface area contributed by atoms with Gasteiger partial charge in [0.2, 0.25) is 0 Å². The molecule has 1 aromatic rings. The molecule has 78 valence electrons. The summed E-state index contributed by atoms with van der Waals surface area (Å²) >= 11 is 11.2. The van der Waals surface area contributed by atoms with Crippen molar-refractivity contribution in [1.82, 2.24) is 4.98 Å². The third kappa shape index (κ3) is 3.01. The van der Waals surface area contributed by atoms with Gasteiger partial charge in [-0.25, -0.2) is 4.98 Å². The van der Waals surface area contributed by atoms with Gasteiger partial charge in [-0.15, -0.1) is 0 Å². The molecule has 1 rings (SSSR count). The van der Waals surface area contributed by atoms with Crippen LogP contribution in [-0.4, -0.2) is 19.2 Å². The van der Waals surface area contributed by atoms with Crippen LogP contribution in [0.15, 0.2) is 12.3 Å². The zero-order valence-electron chi connectivity index (χ0n) is 7.20. The first-order chi connectivity index (χ1) is 6.44. The van der Waals surface area contributed by atoms with Crippen molar-refractivity contribution < 1.29 is 12.6 Å². The Morgan fingerprint density at radius 2 is 2.14 bits per heavy atom. The molecule has 0 saturated carbocycles. The van der Waals surface area contributed by atoms with Crippen LogP contribution in [0.25, 0.3) is 0 Å². The zero-order valence-corrected chi connectivity index (χ0v) is 9.53. The fourth-order valence-electron chi connectivity index (χ4n) is 0.658. The molecule has 0 aliphatic carbocycles. The summed E-state index contributed by atoms with van der Waals surface area (Å²) in [7, 11) is -3.59. The lowest BCUT2D eigenvalue weighted by Gasteiger charge is -2.05. The van der Waals surface area contributed by atoms with Gasteiger partial charge in [0.05, 0.1) is 10.8 Å². The topological polar surface area (TPSA) is 56.3 Å². The van der Waals surface area contributed by atoms with E-state index in [2.05, 4.69) is 9.17 Å². The molecule has 0 unspecified atom stereocenters. The van der Waals surface area contributed by atoms with Crippen molar-refractivity contribution in [3.05, 3.63) is 22.4 Å². The predicted molar refractivity (Wildman–Crippen MR) is 54.3 cm³/mol. The second-order valence-electron chi connectivity index (χ2n) is 2.37. The number of aromatic nitrogens is 1. The van der Waals surface area contributed by atoms with E-state index in [1.54, 1.807) is 0 Å². The molecule has 0 atom stereocenters. The predicted octanol–water partition coefficient (Wildman–Crippen LogP) is 2.12. The first kappa shape index (κ1) is 11.6. The minimum atomic E-state index is -3.59. The van der Waals surface area contributed by atoms with Crippen LogP contribution in [0.4, 0.5) is 0 Å². The van der Waals surface area contributed by atoms with Crippen LogP contribution in [0.1, 0.15) is 6.92 Å². The van der Waals surface area contributed by atoms with Crippen molar-refractivity contribution in [3.63, 3.8) is 0 Å². The van der Waals surface area contributed by atoms with Crippen molar-refractivity contribution >= 4 is 33.3 Å². The Morgan fingerprint density at radius 1 is 1.50 bits per heavy atom. The van der Waals surface area contributed by atoms with E-state index in [0.717, 1.165) is 0 Å². The molecule has 0 aromatic carbocycles. The van der Waals surface area contributed by atoms with Gasteiger partial charge < -0.3 is 4.18 Å². The summed E-state index contributed by atoms with van der Waals surface area (Å²) in [5.74, 6) is -0.198. The maximum atomic E-state index is 11.1. The van der Waals surface area contributed by atoms with Crippen molar-refractivity contribution in [1.29, 1.82) is 0 Å². The first-order valence-corrected chi connectivity index (χ1v) is 6.01. The normalized spacial score (nSPS) is 11.4. The lowest BCUT2D eigenvalue weighted by atomic mass is 10.5. The third-order valence-corrected chi connectivity index (χ3v) is 2.97. The van der Waals surface area contributed by atoms with Crippen LogP contribution in [0.5, 0.6) is 5.75 Å². The van der Waals surface area contributed by atoms with Crippen LogP contribution >= 0.6 is 23.2 Å².